The van der Waals surface area contributed by atoms with Crippen LogP contribution in [0.5, 0.6) is 11.5 Å². The van der Waals surface area contributed by atoms with E-state index in [0.717, 1.165) is 27.0 Å². The average molecular weight is 413 g/mol. The first-order valence-electron chi connectivity index (χ1n) is 6.81. The topological polar surface area (TPSA) is 21.3 Å². The molecule has 0 unspecified atom stereocenters. The second-order valence-electron chi connectivity index (χ2n) is 5.89. The standard InChI is InChI=1S/C17H19Br2NO/c1-17(2,3)20-11-12-8-9-13(10-15(12)19)21-16-7-5-4-6-14(16)18/h4-10,20H,11H2,1-3H3. The van der Waals surface area contributed by atoms with Crippen LogP contribution in [-0.4, -0.2) is 5.54 Å². The van der Waals surface area contributed by atoms with E-state index in [1.165, 1.54) is 5.56 Å². The molecule has 0 bridgehead atoms. The molecular formula is C17H19Br2NO. The zero-order chi connectivity index (χ0) is 15.5. The second kappa shape index (κ2) is 6.95. The van der Waals surface area contributed by atoms with E-state index >= 15 is 0 Å². The van der Waals surface area contributed by atoms with Crippen LogP contribution < -0.4 is 10.1 Å². The molecule has 2 aromatic rings. The third-order valence-corrected chi connectivity index (χ3v) is 4.29. The van der Waals surface area contributed by atoms with Crippen molar-refractivity contribution in [2.75, 3.05) is 0 Å². The van der Waals surface area contributed by atoms with Crippen molar-refractivity contribution >= 4 is 31.9 Å². The van der Waals surface area contributed by atoms with Crippen molar-refractivity contribution < 1.29 is 4.74 Å². The summed E-state index contributed by atoms with van der Waals surface area (Å²) >= 11 is 7.10. The Balaban J connectivity index is 2.10. The molecule has 2 aromatic carbocycles. The fourth-order valence-corrected chi connectivity index (χ4v) is 2.61. The molecule has 0 fully saturated rings. The number of hydrogen-bond acceptors (Lipinski definition) is 2. The van der Waals surface area contributed by atoms with Gasteiger partial charge in [0.15, 0.2) is 0 Å². The normalized spacial score (nSPS) is 11.5. The van der Waals surface area contributed by atoms with Crippen molar-refractivity contribution in [3.8, 4) is 11.5 Å². The summed E-state index contributed by atoms with van der Waals surface area (Å²) in [4.78, 5) is 0. The van der Waals surface area contributed by atoms with Crippen molar-refractivity contribution in [1.29, 1.82) is 0 Å². The predicted molar refractivity (Wildman–Crippen MR) is 95.0 cm³/mol. The molecule has 0 atom stereocenters. The van der Waals surface area contributed by atoms with Crippen LogP contribution in [0.3, 0.4) is 0 Å². The maximum absolute atomic E-state index is 5.89. The number of rotatable bonds is 4. The average Bonchev–Trinajstić information content (AvgIpc) is 2.39. The van der Waals surface area contributed by atoms with Gasteiger partial charge in [-0.1, -0.05) is 34.1 Å². The van der Waals surface area contributed by atoms with Gasteiger partial charge in [0.2, 0.25) is 0 Å². The summed E-state index contributed by atoms with van der Waals surface area (Å²) in [5.74, 6) is 1.62. The first kappa shape index (κ1) is 16.5. The number of benzene rings is 2. The largest absolute Gasteiger partial charge is 0.456 e. The van der Waals surface area contributed by atoms with Gasteiger partial charge >= 0.3 is 0 Å². The van der Waals surface area contributed by atoms with Crippen LogP contribution in [0.15, 0.2) is 51.4 Å². The van der Waals surface area contributed by atoms with E-state index in [9.17, 15) is 0 Å². The van der Waals surface area contributed by atoms with Crippen LogP contribution in [-0.2, 0) is 6.54 Å². The minimum atomic E-state index is 0.101. The van der Waals surface area contributed by atoms with Crippen LogP contribution in [0.25, 0.3) is 0 Å². The van der Waals surface area contributed by atoms with Gasteiger partial charge in [-0.15, -0.1) is 0 Å². The van der Waals surface area contributed by atoms with Crippen molar-refractivity contribution in [2.45, 2.75) is 32.9 Å². The molecule has 0 aromatic heterocycles. The first-order chi connectivity index (χ1) is 9.85. The minimum Gasteiger partial charge on any atom is -0.456 e. The quantitative estimate of drug-likeness (QED) is 0.675. The van der Waals surface area contributed by atoms with Gasteiger partial charge in [0.25, 0.3) is 0 Å². The fraction of sp³-hybridized carbons (Fsp3) is 0.294. The molecule has 2 rings (SSSR count). The van der Waals surface area contributed by atoms with Gasteiger partial charge in [-0.25, -0.2) is 0 Å². The molecule has 0 aliphatic heterocycles. The molecule has 4 heteroatoms. The molecule has 0 saturated heterocycles. The van der Waals surface area contributed by atoms with Gasteiger partial charge in [0, 0.05) is 16.6 Å². The summed E-state index contributed by atoms with van der Waals surface area (Å²) in [7, 11) is 0. The van der Waals surface area contributed by atoms with Gasteiger partial charge in [-0.2, -0.15) is 0 Å². The first-order valence-corrected chi connectivity index (χ1v) is 8.39. The van der Waals surface area contributed by atoms with Crippen molar-refractivity contribution in [3.63, 3.8) is 0 Å². The van der Waals surface area contributed by atoms with Crippen LogP contribution in [0.1, 0.15) is 26.3 Å². The maximum Gasteiger partial charge on any atom is 0.141 e. The maximum atomic E-state index is 5.89. The van der Waals surface area contributed by atoms with E-state index in [2.05, 4.69) is 64.0 Å². The van der Waals surface area contributed by atoms with Crippen molar-refractivity contribution in [1.82, 2.24) is 5.32 Å². The third-order valence-electron chi connectivity index (χ3n) is 2.90. The van der Waals surface area contributed by atoms with Gasteiger partial charge < -0.3 is 10.1 Å². The zero-order valence-electron chi connectivity index (χ0n) is 12.4. The van der Waals surface area contributed by atoms with Gasteiger partial charge in [-0.3, -0.25) is 0 Å². The number of para-hydroxylation sites is 1. The Bertz CT molecular complexity index is 620. The lowest BCUT2D eigenvalue weighted by Gasteiger charge is -2.21. The highest BCUT2D eigenvalue weighted by atomic mass is 79.9. The Kier molecular flexibility index (Phi) is 5.47. The van der Waals surface area contributed by atoms with Gasteiger partial charge in [0.1, 0.15) is 11.5 Å². The van der Waals surface area contributed by atoms with E-state index in [1.54, 1.807) is 0 Å². The Morgan fingerprint density at radius 2 is 1.71 bits per heavy atom. The molecule has 112 valence electrons. The lowest BCUT2D eigenvalue weighted by Crippen LogP contribution is -2.35. The highest BCUT2D eigenvalue weighted by Gasteiger charge is 2.10. The predicted octanol–water partition coefficient (Wildman–Crippen LogP) is 5.89. The van der Waals surface area contributed by atoms with Crippen molar-refractivity contribution in [2.24, 2.45) is 0 Å². The summed E-state index contributed by atoms with van der Waals surface area (Å²) in [5, 5.41) is 3.48. The minimum absolute atomic E-state index is 0.101. The molecule has 0 spiro atoms. The lowest BCUT2D eigenvalue weighted by atomic mass is 10.1. The van der Waals surface area contributed by atoms with Crippen molar-refractivity contribution in [3.05, 3.63) is 57.0 Å². The smallest absolute Gasteiger partial charge is 0.141 e. The monoisotopic (exact) mass is 411 g/mol. The van der Waals surface area contributed by atoms with E-state index in [-0.39, 0.29) is 5.54 Å². The van der Waals surface area contributed by atoms with Gasteiger partial charge in [-0.05, 0) is 66.5 Å². The number of halogens is 2. The molecule has 0 amide bonds. The molecule has 21 heavy (non-hydrogen) atoms. The molecule has 0 heterocycles. The number of hydrogen-bond donors (Lipinski definition) is 1. The molecule has 1 N–H and O–H groups in total. The fourth-order valence-electron chi connectivity index (χ4n) is 1.75. The summed E-state index contributed by atoms with van der Waals surface area (Å²) in [6, 6.07) is 13.9. The lowest BCUT2D eigenvalue weighted by molar-refractivity contribution is 0.423. The van der Waals surface area contributed by atoms with E-state index in [0.29, 0.717) is 0 Å². The summed E-state index contributed by atoms with van der Waals surface area (Å²) < 4.78 is 7.88. The van der Waals surface area contributed by atoms with Crippen LogP contribution in [0.4, 0.5) is 0 Å². The zero-order valence-corrected chi connectivity index (χ0v) is 15.6. The summed E-state index contributed by atoms with van der Waals surface area (Å²) in [6.45, 7) is 7.29. The van der Waals surface area contributed by atoms with Gasteiger partial charge in [0.05, 0.1) is 4.47 Å². The highest BCUT2D eigenvalue weighted by molar-refractivity contribution is 9.10. The molecule has 2 nitrogen and oxygen atoms in total. The van der Waals surface area contributed by atoms with Crippen LogP contribution in [0.2, 0.25) is 0 Å². The Labute approximate surface area is 143 Å². The third kappa shape index (κ3) is 5.13. The molecular weight excluding hydrogens is 394 g/mol. The van der Waals surface area contributed by atoms with E-state index < -0.39 is 0 Å². The Hall–Kier alpha value is -0.840. The number of ether oxygens (including phenoxy) is 1. The summed E-state index contributed by atoms with van der Waals surface area (Å²) in [6.07, 6.45) is 0. The Morgan fingerprint density at radius 1 is 1.00 bits per heavy atom. The highest BCUT2D eigenvalue weighted by Crippen LogP contribution is 2.31. The molecule has 0 saturated carbocycles. The van der Waals surface area contributed by atoms with E-state index in [4.69, 9.17) is 4.74 Å². The molecule has 0 aliphatic carbocycles. The van der Waals surface area contributed by atoms with Crippen LogP contribution >= 0.6 is 31.9 Å². The second-order valence-corrected chi connectivity index (χ2v) is 7.60. The van der Waals surface area contributed by atoms with Crippen LogP contribution in [0, 0.1) is 0 Å². The SMILES string of the molecule is CC(C)(C)NCc1ccc(Oc2ccccc2Br)cc1Br. The van der Waals surface area contributed by atoms with E-state index in [1.807, 2.05) is 36.4 Å². The number of nitrogens with one attached hydrogen (secondary N) is 1. The molecule has 0 aliphatic rings. The summed E-state index contributed by atoms with van der Waals surface area (Å²) in [5.41, 5.74) is 1.31. The molecule has 0 radical (unpaired) electrons. The Morgan fingerprint density at radius 3 is 2.33 bits per heavy atom.